The smallest absolute Gasteiger partial charge is 0.326 e. The highest BCUT2D eigenvalue weighted by Crippen LogP contribution is 2.11. The molecule has 0 aromatic heterocycles. The van der Waals surface area contributed by atoms with Crippen LogP contribution in [0.15, 0.2) is 0 Å². The van der Waals surface area contributed by atoms with Gasteiger partial charge in [-0.05, 0) is 37.6 Å². The minimum atomic E-state index is -1.29. The number of amides is 3. The van der Waals surface area contributed by atoms with Crippen molar-refractivity contribution in [3.05, 3.63) is 0 Å². The Bertz CT molecular complexity index is 617. The summed E-state index contributed by atoms with van der Waals surface area (Å²) in [6, 6.07) is -4.30. The Kier molecular flexibility index (Phi) is 14.5. The fourth-order valence-electron chi connectivity index (χ4n) is 2.94. The van der Waals surface area contributed by atoms with Gasteiger partial charge in [-0.25, -0.2) is 4.79 Å². The van der Waals surface area contributed by atoms with Crippen LogP contribution in [0, 0.1) is 11.8 Å². The number of carboxylic acids is 1. The SMILES string of the molecule is CCC(C)C(N)C(=O)NC(CO)C(=O)NC(C(=O)NC(CCCCN)C(=O)O)C(C)CC. The first-order valence-electron chi connectivity index (χ1n) is 11.2. The fraction of sp³-hybridized carbons (Fsp3) is 0.810. The third-order valence-electron chi connectivity index (χ3n) is 5.73. The Morgan fingerprint density at radius 2 is 1.41 bits per heavy atom. The molecule has 6 atom stereocenters. The molecule has 0 aromatic rings. The Balaban J connectivity index is 5.30. The van der Waals surface area contributed by atoms with Crippen molar-refractivity contribution in [3.63, 3.8) is 0 Å². The minimum Gasteiger partial charge on any atom is -0.480 e. The molecular formula is C21H41N5O6. The molecule has 3 amide bonds. The summed E-state index contributed by atoms with van der Waals surface area (Å²) < 4.78 is 0. The number of unbranched alkanes of at least 4 members (excludes halogenated alkanes) is 1. The maximum absolute atomic E-state index is 12.8. The highest BCUT2D eigenvalue weighted by molar-refractivity contribution is 5.94. The molecule has 6 unspecified atom stereocenters. The van der Waals surface area contributed by atoms with E-state index in [1.54, 1.807) is 13.8 Å². The monoisotopic (exact) mass is 459 g/mol. The molecule has 0 heterocycles. The summed E-state index contributed by atoms with van der Waals surface area (Å²) in [6.07, 6.45) is 2.56. The van der Waals surface area contributed by atoms with Crippen molar-refractivity contribution < 1.29 is 29.4 Å². The van der Waals surface area contributed by atoms with Gasteiger partial charge in [0.25, 0.3) is 0 Å². The van der Waals surface area contributed by atoms with Gasteiger partial charge >= 0.3 is 5.97 Å². The Hall–Kier alpha value is -2.24. The van der Waals surface area contributed by atoms with Gasteiger partial charge in [-0.3, -0.25) is 14.4 Å². The van der Waals surface area contributed by atoms with Gasteiger partial charge in [0.1, 0.15) is 18.1 Å². The lowest BCUT2D eigenvalue weighted by Gasteiger charge is -2.28. The maximum atomic E-state index is 12.8. The average molecular weight is 460 g/mol. The molecule has 11 heteroatoms. The number of carbonyl (C=O) groups is 4. The summed E-state index contributed by atoms with van der Waals surface area (Å²) in [5.74, 6) is -3.61. The number of nitrogens with one attached hydrogen (secondary N) is 3. The number of nitrogens with two attached hydrogens (primary N) is 2. The molecule has 0 aliphatic rings. The van der Waals surface area contributed by atoms with E-state index >= 15 is 0 Å². The predicted molar refractivity (Wildman–Crippen MR) is 120 cm³/mol. The average Bonchev–Trinajstić information content (AvgIpc) is 2.77. The summed E-state index contributed by atoms with van der Waals surface area (Å²) in [6.45, 7) is 6.97. The molecule has 0 rings (SSSR count). The molecule has 0 fully saturated rings. The molecule has 32 heavy (non-hydrogen) atoms. The highest BCUT2D eigenvalue weighted by Gasteiger charge is 2.32. The predicted octanol–water partition coefficient (Wildman–Crippen LogP) is -0.934. The second-order valence-corrected chi connectivity index (χ2v) is 8.21. The van der Waals surface area contributed by atoms with Crippen LogP contribution in [0.4, 0.5) is 0 Å². The van der Waals surface area contributed by atoms with Crippen molar-refractivity contribution in [3.8, 4) is 0 Å². The van der Waals surface area contributed by atoms with Crippen molar-refractivity contribution in [2.45, 2.75) is 84.0 Å². The van der Waals surface area contributed by atoms with Crippen molar-refractivity contribution in [2.75, 3.05) is 13.2 Å². The van der Waals surface area contributed by atoms with Gasteiger partial charge < -0.3 is 37.6 Å². The van der Waals surface area contributed by atoms with Crippen LogP contribution in [-0.4, -0.2) is 71.2 Å². The van der Waals surface area contributed by atoms with Gasteiger partial charge in [0, 0.05) is 0 Å². The number of aliphatic hydroxyl groups is 1. The topological polar surface area (TPSA) is 197 Å². The van der Waals surface area contributed by atoms with Gasteiger partial charge in [-0.1, -0.05) is 40.5 Å². The van der Waals surface area contributed by atoms with E-state index < -0.39 is 54.5 Å². The zero-order valence-electron chi connectivity index (χ0n) is 19.6. The molecule has 0 spiro atoms. The summed E-state index contributed by atoms with van der Waals surface area (Å²) in [5.41, 5.74) is 11.3. The van der Waals surface area contributed by atoms with Crippen molar-refractivity contribution >= 4 is 23.7 Å². The van der Waals surface area contributed by atoms with Crippen LogP contribution in [0.1, 0.15) is 59.8 Å². The van der Waals surface area contributed by atoms with E-state index in [0.29, 0.717) is 32.2 Å². The van der Waals surface area contributed by atoms with Gasteiger partial charge in [-0.2, -0.15) is 0 Å². The standard InChI is InChI=1S/C21H41N5O6/c1-5-12(3)16(23)19(29)25-15(11-27)18(28)26-17(13(4)6-2)20(30)24-14(21(31)32)9-7-8-10-22/h12-17,27H,5-11,22-23H2,1-4H3,(H,24,30)(H,25,29)(H,26,28)(H,31,32). The second kappa shape index (κ2) is 15.5. The summed E-state index contributed by atoms with van der Waals surface area (Å²) in [4.78, 5) is 49.3. The molecule has 0 bridgehead atoms. The Morgan fingerprint density at radius 3 is 1.88 bits per heavy atom. The van der Waals surface area contributed by atoms with Crippen molar-refractivity contribution in [1.29, 1.82) is 0 Å². The molecule has 11 nitrogen and oxygen atoms in total. The number of aliphatic carboxylic acids is 1. The van der Waals surface area contributed by atoms with E-state index in [1.165, 1.54) is 0 Å². The molecule has 0 aliphatic carbocycles. The quantitative estimate of drug-likeness (QED) is 0.144. The van der Waals surface area contributed by atoms with Crippen LogP contribution in [-0.2, 0) is 19.2 Å². The van der Waals surface area contributed by atoms with Crippen LogP contribution in [0.2, 0.25) is 0 Å². The van der Waals surface area contributed by atoms with Crippen LogP contribution >= 0.6 is 0 Å². The van der Waals surface area contributed by atoms with E-state index in [4.69, 9.17) is 11.5 Å². The maximum Gasteiger partial charge on any atom is 0.326 e. The zero-order chi connectivity index (χ0) is 24.8. The molecule has 0 radical (unpaired) electrons. The van der Waals surface area contributed by atoms with E-state index in [-0.39, 0.29) is 18.3 Å². The van der Waals surface area contributed by atoms with Gasteiger partial charge in [-0.15, -0.1) is 0 Å². The molecule has 0 saturated heterocycles. The molecule has 0 saturated carbocycles. The lowest BCUT2D eigenvalue weighted by Crippen LogP contribution is -2.59. The molecule has 9 N–H and O–H groups in total. The number of hydrogen-bond acceptors (Lipinski definition) is 7. The number of carboxylic acid groups (broad SMARTS) is 1. The van der Waals surface area contributed by atoms with E-state index in [1.807, 2.05) is 13.8 Å². The number of hydrogen-bond donors (Lipinski definition) is 7. The summed E-state index contributed by atoms with van der Waals surface area (Å²) in [7, 11) is 0. The van der Waals surface area contributed by atoms with Gasteiger partial charge in [0.2, 0.25) is 17.7 Å². The van der Waals surface area contributed by atoms with Crippen molar-refractivity contribution in [2.24, 2.45) is 23.3 Å². The molecule has 0 aliphatic heterocycles. The van der Waals surface area contributed by atoms with E-state index in [0.717, 1.165) is 0 Å². The summed E-state index contributed by atoms with van der Waals surface area (Å²) in [5, 5.41) is 26.4. The van der Waals surface area contributed by atoms with Crippen molar-refractivity contribution in [1.82, 2.24) is 16.0 Å². The first kappa shape index (κ1) is 29.8. The van der Waals surface area contributed by atoms with Gasteiger partial charge in [0.05, 0.1) is 12.6 Å². The lowest BCUT2D eigenvalue weighted by molar-refractivity contribution is -0.143. The van der Waals surface area contributed by atoms with Gasteiger partial charge in [0.15, 0.2) is 0 Å². The van der Waals surface area contributed by atoms with Crippen LogP contribution < -0.4 is 27.4 Å². The van der Waals surface area contributed by atoms with E-state index in [9.17, 15) is 29.4 Å². The summed E-state index contributed by atoms with van der Waals surface area (Å²) >= 11 is 0. The second-order valence-electron chi connectivity index (χ2n) is 8.21. The van der Waals surface area contributed by atoms with Crippen LogP contribution in [0.5, 0.6) is 0 Å². The zero-order valence-corrected chi connectivity index (χ0v) is 19.6. The highest BCUT2D eigenvalue weighted by atomic mass is 16.4. The number of aliphatic hydroxyl groups excluding tert-OH is 1. The lowest BCUT2D eigenvalue weighted by atomic mass is 9.97. The largest absolute Gasteiger partial charge is 0.480 e. The molecule has 0 aromatic carbocycles. The third kappa shape index (κ3) is 9.92. The molecular weight excluding hydrogens is 418 g/mol. The first-order chi connectivity index (χ1) is 15.0. The minimum absolute atomic E-state index is 0.122. The number of carbonyl (C=O) groups excluding carboxylic acids is 3. The van der Waals surface area contributed by atoms with Crippen LogP contribution in [0.3, 0.4) is 0 Å². The Labute approximate surface area is 190 Å². The third-order valence-corrected chi connectivity index (χ3v) is 5.73. The number of rotatable bonds is 16. The Morgan fingerprint density at radius 1 is 0.844 bits per heavy atom. The first-order valence-corrected chi connectivity index (χ1v) is 11.2. The normalized spacial score (nSPS) is 16.7. The fourth-order valence-corrected chi connectivity index (χ4v) is 2.94. The molecule has 186 valence electrons. The van der Waals surface area contributed by atoms with E-state index in [2.05, 4.69) is 16.0 Å². The van der Waals surface area contributed by atoms with Crippen LogP contribution in [0.25, 0.3) is 0 Å².